The van der Waals surface area contributed by atoms with Gasteiger partial charge in [0, 0.05) is 35.8 Å². The van der Waals surface area contributed by atoms with Gasteiger partial charge >= 0.3 is 11.9 Å². The summed E-state index contributed by atoms with van der Waals surface area (Å²) < 4.78 is 1.54. The molecule has 2 N–H and O–H groups in total. The number of aromatic nitrogens is 1. The van der Waals surface area contributed by atoms with E-state index in [1.165, 1.54) is 15.5 Å². The molecule has 1 heterocycles. The fourth-order valence-electron chi connectivity index (χ4n) is 3.42. The first-order chi connectivity index (χ1) is 15.4. The van der Waals surface area contributed by atoms with Crippen LogP contribution in [0.4, 0.5) is 0 Å². The van der Waals surface area contributed by atoms with Crippen molar-refractivity contribution in [2.45, 2.75) is 19.5 Å². The number of aliphatic carboxylic acids is 2. The van der Waals surface area contributed by atoms with E-state index < -0.39 is 17.8 Å². The van der Waals surface area contributed by atoms with Crippen LogP contribution in [0.15, 0.2) is 66.4 Å². The Kier molecular flexibility index (Phi) is 7.03. The highest BCUT2D eigenvalue weighted by atomic mass is 16.4. The number of carbonyl (C=O) groups is 3. The van der Waals surface area contributed by atoms with Crippen LogP contribution in [0.2, 0.25) is 0 Å². The first-order valence-electron chi connectivity index (χ1n) is 9.85. The summed E-state index contributed by atoms with van der Waals surface area (Å²) in [5.41, 5.74) is 1.84. The minimum atomic E-state index is -1.05. The number of nitriles is 1. The van der Waals surface area contributed by atoms with Crippen molar-refractivity contribution < 1.29 is 24.6 Å². The highest BCUT2D eigenvalue weighted by molar-refractivity contribution is 6.04. The van der Waals surface area contributed by atoms with Crippen molar-refractivity contribution in [3.8, 4) is 6.07 Å². The Bertz CT molecular complexity index is 1220. The van der Waals surface area contributed by atoms with Crippen molar-refractivity contribution in [2.75, 3.05) is 6.54 Å². The summed E-state index contributed by atoms with van der Waals surface area (Å²) in [5, 5.41) is 28.6. The average Bonchev–Trinajstić information content (AvgIpc) is 3.11. The van der Waals surface area contributed by atoms with E-state index in [2.05, 4.69) is 0 Å². The van der Waals surface area contributed by atoms with Gasteiger partial charge in [0.15, 0.2) is 0 Å². The zero-order valence-corrected chi connectivity index (χ0v) is 17.1. The van der Waals surface area contributed by atoms with Crippen molar-refractivity contribution in [3.63, 3.8) is 0 Å². The van der Waals surface area contributed by atoms with Crippen LogP contribution in [-0.2, 0) is 27.5 Å². The average molecular weight is 431 g/mol. The Morgan fingerprint density at radius 2 is 1.69 bits per heavy atom. The van der Waals surface area contributed by atoms with Gasteiger partial charge in [-0.05, 0) is 17.7 Å². The molecule has 0 aliphatic rings. The van der Waals surface area contributed by atoms with Gasteiger partial charge in [0.25, 0.3) is 5.91 Å². The monoisotopic (exact) mass is 431 g/mol. The Hall–Kier alpha value is -4.38. The van der Waals surface area contributed by atoms with Gasteiger partial charge in [-0.2, -0.15) is 5.26 Å². The summed E-state index contributed by atoms with van der Waals surface area (Å²) in [7, 11) is 0. The van der Waals surface area contributed by atoms with Crippen molar-refractivity contribution in [1.29, 1.82) is 5.26 Å². The van der Waals surface area contributed by atoms with E-state index in [4.69, 9.17) is 5.11 Å². The molecule has 2 aromatic carbocycles. The third-order valence-corrected chi connectivity index (χ3v) is 4.87. The first kappa shape index (κ1) is 22.3. The van der Waals surface area contributed by atoms with Gasteiger partial charge in [-0.1, -0.05) is 48.5 Å². The molecule has 8 nitrogen and oxygen atoms in total. The van der Waals surface area contributed by atoms with E-state index in [1.54, 1.807) is 30.5 Å². The van der Waals surface area contributed by atoms with E-state index in [0.717, 1.165) is 5.56 Å². The van der Waals surface area contributed by atoms with Gasteiger partial charge in [0.1, 0.15) is 18.2 Å². The highest BCUT2D eigenvalue weighted by Crippen LogP contribution is 2.24. The smallest absolute Gasteiger partial charge is 0.323 e. The number of carbonyl (C=O) groups excluding carboxylic acids is 1. The molecule has 0 aliphatic carbocycles. The molecule has 0 bridgehead atoms. The molecule has 32 heavy (non-hydrogen) atoms. The summed E-state index contributed by atoms with van der Waals surface area (Å²) in [6, 6.07) is 18.1. The Balaban J connectivity index is 1.97. The van der Waals surface area contributed by atoms with Crippen molar-refractivity contribution in [1.82, 2.24) is 9.47 Å². The minimum absolute atomic E-state index is 0.0527. The van der Waals surface area contributed by atoms with Crippen LogP contribution >= 0.6 is 0 Å². The molecule has 0 radical (unpaired) electrons. The lowest BCUT2D eigenvalue weighted by Crippen LogP contribution is -2.33. The lowest BCUT2D eigenvalue weighted by Gasteiger charge is -2.21. The minimum Gasteiger partial charge on any atom is -0.481 e. The SMILES string of the molecule is N#CC(=Cc1cn(CC(=O)O)c2ccccc12)C(=O)N(CCC(=O)O)Cc1ccccc1. The second kappa shape index (κ2) is 10.1. The number of para-hydroxylation sites is 1. The molecule has 8 heteroatoms. The number of nitrogens with zero attached hydrogens (tertiary/aromatic N) is 3. The highest BCUT2D eigenvalue weighted by Gasteiger charge is 2.20. The van der Waals surface area contributed by atoms with Gasteiger partial charge in [0.05, 0.1) is 6.42 Å². The molecule has 0 saturated carbocycles. The number of carboxylic acid groups (broad SMARTS) is 2. The third kappa shape index (κ3) is 5.40. The van der Waals surface area contributed by atoms with E-state index in [1.807, 2.05) is 36.4 Å². The summed E-state index contributed by atoms with van der Waals surface area (Å²) in [4.78, 5) is 36.8. The predicted octanol–water partition coefficient (Wildman–Crippen LogP) is 3.14. The topological polar surface area (TPSA) is 124 Å². The maximum Gasteiger partial charge on any atom is 0.323 e. The zero-order chi connectivity index (χ0) is 23.1. The van der Waals surface area contributed by atoms with Crippen molar-refractivity contribution in [3.05, 3.63) is 77.5 Å². The maximum absolute atomic E-state index is 13.2. The standard InChI is InChI=1S/C24H21N3O5/c25-13-18(12-19-15-27(16-23(30)31)21-9-5-4-8-20(19)21)24(32)26(11-10-22(28)29)14-17-6-2-1-3-7-17/h1-9,12,15H,10-11,14,16H2,(H,28,29)(H,30,31). The molecule has 0 saturated heterocycles. The summed E-state index contributed by atoms with van der Waals surface area (Å²) in [6.07, 6.45) is 2.75. The predicted molar refractivity (Wildman–Crippen MR) is 117 cm³/mol. The third-order valence-electron chi connectivity index (χ3n) is 4.87. The van der Waals surface area contributed by atoms with Crippen molar-refractivity contribution in [2.24, 2.45) is 0 Å². The second-order valence-electron chi connectivity index (χ2n) is 7.15. The Labute approximate surface area is 184 Å². The van der Waals surface area contributed by atoms with Crippen LogP contribution in [0.5, 0.6) is 0 Å². The van der Waals surface area contributed by atoms with E-state index >= 15 is 0 Å². The quantitative estimate of drug-likeness (QED) is 0.396. The molecular formula is C24H21N3O5. The Morgan fingerprint density at radius 1 is 1.00 bits per heavy atom. The zero-order valence-electron chi connectivity index (χ0n) is 17.1. The molecule has 3 rings (SSSR count). The Morgan fingerprint density at radius 3 is 2.34 bits per heavy atom. The molecule has 1 amide bonds. The fraction of sp³-hybridized carbons (Fsp3) is 0.167. The largest absolute Gasteiger partial charge is 0.481 e. The molecule has 0 spiro atoms. The van der Waals surface area contributed by atoms with Gasteiger partial charge in [-0.3, -0.25) is 14.4 Å². The number of hydrogen-bond acceptors (Lipinski definition) is 4. The van der Waals surface area contributed by atoms with Gasteiger partial charge in [-0.25, -0.2) is 0 Å². The van der Waals surface area contributed by atoms with E-state index in [-0.39, 0.29) is 31.6 Å². The molecule has 162 valence electrons. The number of rotatable bonds is 9. The number of carboxylic acids is 2. The van der Waals surface area contributed by atoms with Crippen LogP contribution in [0.3, 0.4) is 0 Å². The number of hydrogen-bond donors (Lipinski definition) is 2. The molecule has 3 aromatic rings. The van der Waals surface area contributed by atoms with E-state index in [9.17, 15) is 24.8 Å². The second-order valence-corrected chi connectivity index (χ2v) is 7.15. The lowest BCUT2D eigenvalue weighted by molar-refractivity contribution is -0.139. The fourth-order valence-corrected chi connectivity index (χ4v) is 3.42. The number of amides is 1. The van der Waals surface area contributed by atoms with Gasteiger partial charge < -0.3 is 19.7 Å². The first-order valence-corrected chi connectivity index (χ1v) is 9.85. The summed E-state index contributed by atoms with van der Waals surface area (Å²) in [6.45, 7) is -0.154. The number of fused-ring (bicyclic) bond motifs is 1. The molecule has 0 aliphatic heterocycles. The summed E-state index contributed by atoms with van der Waals surface area (Å²) >= 11 is 0. The molecule has 0 atom stereocenters. The maximum atomic E-state index is 13.2. The molecule has 0 fully saturated rings. The van der Waals surface area contributed by atoms with E-state index in [0.29, 0.717) is 16.5 Å². The van der Waals surface area contributed by atoms with Crippen molar-refractivity contribution >= 4 is 34.8 Å². The number of benzene rings is 2. The lowest BCUT2D eigenvalue weighted by atomic mass is 10.1. The molecular weight excluding hydrogens is 410 g/mol. The van der Waals surface area contributed by atoms with Gasteiger partial charge in [0.2, 0.25) is 0 Å². The van der Waals surface area contributed by atoms with Crippen LogP contribution in [-0.4, -0.2) is 44.1 Å². The molecule has 0 unspecified atom stereocenters. The molecule has 1 aromatic heterocycles. The van der Waals surface area contributed by atoms with Crippen LogP contribution in [0.1, 0.15) is 17.5 Å². The van der Waals surface area contributed by atoms with Crippen LogP contribution in [0, 0.1) is 11.3 Å². The van der Waals surface area contributed by atoms with Crippen LogP contribution in [0.25, 0.3) is 17.0 Å². The van der Waals surface area contributed by atoms with Gasteiger partial charge in [-0.15, -0.1) is 0 Å². The summed E-state index contributed by atoms with van der Waals surface area (Å²) in [5.74, 6) is -2.65. The normalized spacial score (nSPS) is 11.2. The van der Waals surface area contributed by atoms with Crippen LogP contribution < -0.4 is 0 Å².